The Labute approximate surface area is 76.2 Å². The van der Waals surface area contributed by atoms with Gasteiger partial charge >= 0.3 is 0 Å². The number of hydrogen-bond acceptors (Lipinski definition) is 2. The molecule has 0 aromatic heterocycles. The van der Waals surface area contributed by atoms with Gasteiger partial charge in [0.1, 0.15) is 6.10 Å². The lowest BCUT2D eigenvalue weighted by Crippen LogP contribution is -2.13. The molecule has 0 amide bonds. The van der Waals surface area contributed by atoms with Crippen LogP contribution in [-0.4, -0.2) is 23.9 Å². The predicted molar refractivity (Wildman–Crippen MR) is 50.5 cm³/mol. The van der Waals surface area contributed by atoms with Crippen molar-refractivity contribution in [3.05, 3.63) is 0 Å². The molecule has 1 aliphatic heterocycles. The topological polar surface area (TPSA) is 21.6 Å². The first kappa shape index (κ1) is 9.04. The highest BCUT2D eigenvalue weighted by atomic mass is 79.9. The quantitative estimate of drug-likeness (QED) is 0.666. The van der Waals surface area contributed by atoms with Crippen molar-refractivity contribution in [2.75, 3.05) is 11.9 Å². The molecule has 1 unspecified atom stereocenters. The molecule has 11 heavy (non-hydrogen) atoms. The molecule has 64 valence electrons. The summed E-state index contributed by atoms with van der Waals surface area (Å²) in [7, 11) is 0. The van der Waals surface area contributed by atoms with Crippen LogP contribution in [0.2, 0.25) is 0 Å². The molecule has 1 rings (SSSR count). The molecule has 0 bridgehead atoms. The first-order valence-corrected chi connectivity index (χ1v) is 5.25. The van der Waals surface area contributed by atoms with E-state index >= 15 is 0 Å². The van der Waals surface area contributed by atoms with Crippen molar-refractivity contribution < 1.29 is 4.74 Å². The number of rotatable bonds is 4. The van der Waals surface area contributed by atoms with Crippen LogP contribution in [0.15, 0.2) is 4.99 Å². The van der Waals surface area contributed by atoms with E-state index in [4.69, 9.17) is 4.74 Å². The van der Waals surface area contributed by atoms with Gasteiger partial charge < -0.3 is 4.74 Å². The highest BCUT2D eigenvalue weighted by molar-refractivity contribution is 9.09. The van der Waals surface area contributed by atoms with Gasteiger partial charge in [0.2, 0.25) is 0 Å². The van der Waals surface area contributed by atoms with Gasteiger partial charge in [0, 0.05) is 11.8 Å². The maximum Gasteiger partial charge on any atom is 0.183 e. The third-order valence-corrected chi connectivity index (χ3v) is 2.41. The van der Waals surface area contributed by atoms with E-state index in [9.17, 15) is 0 Å². The van der Waals surface area contributed by atoms with Crippen molar-refractivity contribution in [3.8, 4) is 0 Å². The Hall–Kier alpha value is -0.0500. The van der Waals surface area contributed by atoms with Gasteiger partial charge in [-0.25, -0.2) is 0 Å². The number of halogens is 1. The average molecular weight is 220 g/mol. The van der Waals surface area contributed by atoms with Crippen LogP contribution in [0, 0.1) is 0 Å². The summed E-state index contributed by atoms with van der Waals surface area (Å²) in [5.74, 6) is 0.955. The van der Waals surface area contributed by atoms with Crippen LogP contribution in [0.5, 0.6) is 0 Å². The number of unbranched alkanes of at least 4 members (excludes halogenated alkanes) is 1. The fraction of sp³-hybridized carbons (Fsp3) is 0.875. The second-order valence-corrected chi connectivity index (χ2v) is 3.38. The third kappa shape index (κ3) is 2.81. The van der Waals surface area contributed by atoms with Crippen LogP contribution in [0.3, 0.4) is 0 Å². The van der Waals surface area contributed by atoms with E-state index in [1.54, 1.807) is 0 Å². The molecule has 0 fully saturated rings. The molecule has 0 N–H and O–H groups in total. The fourth-order valence-corrected chi connectivity index (χ4v) is 1.35. The first-order valence-electron chi connectivity index (χ1n) is 4.12. The highest BCUT2D eigenvalue weighted by Gasteiger charge is 2.17. The van der Waals surface area contributed by atoms with Gasteiger partial charge in [-0.2, -0.15) is 0 Å². The monoisotopic (exact) mass is 219 g/mol. The van der Waals surface area contributed by atoms with Crippen molar-refractivity contribution >= 4 is 21.8 Å². The SMILES string of the molecule is CCCCC1=NCC(CBr)O1. The smallest absolute Gasteiger partial charge is 0.183 e. The first-order chi connectivity index (χ1) is 5.36. The zero-order valence-electron chi connectivity index (χ0n) is 6.85. The van der Waals surface area contributed by atoms with Crippen molar-refractivity contribution in [1.82, 2.24) is 0 Å². The molecule has 1 heterocycles. The van der Waals surface area contributed by atoms with Crippen molar-refractivity contribution in [3.63, 3.8) is 0 Å². The summed E-state index contributed by atoms with van der Waals surface area (Å²) in [6.45, 7) is 3.02. The largest absolute Gasteiger partial charge is 0.475 e. The minimum atomic E-state index is 0.293. The van der Waals surface area contributed by atoms with Gasteiger partial charge in [-0.05, 0) is 6.42 Å². The van der Waals surface area contributed by atoms with Crippen molar-refractivity contribution in [2.24, 2.45) is 4.99 Å². The maximum atomic E-state index is 5.52. The Morgan fingerprint density at radius 1 is 1.73 bits per heavy atom. The van der Waals surface area contributed by atoms with Gasteiger partial charge in [-0.1, -0.05) is 29.3 Å². The molecule has 3 heteroatoms. The van der Waals surface area contributed by atoms with Gasteiger partial charge in [0.15, 0.2) is 5.90 Å². The van der Waals surface area contributed by atoms with E-state index in [0.29, 0.717) is 6.10 Å². The van der Waals surface area contributed by atoms with Crippen LogP contribution < -0.4 is 0 Å². The highest BCUT2D eigenvalue weighted by Crippen LogP contribution is 2.11. The number of aliphatic imine (C=N–C) groups is 1. The number of hydrogen-bond donors (Lipinski definition) is 0. The molecular weight excluding hydrogens is 206 g/mol. The Kier molecular flexibility index (Phi) is 3.91. The fourth-order valence-electron chi connectivity index (χ4n) is 1.02. The minimum Gasteiger partial charge on any atom is -0.475 e. The summed E-state index contributed by atoms with van der Waals surface area (Å²) in [6, 6.07) is 0. The maximum absolute atomic E-state index is 5.52. The van der Waals surface area contributed by atoms with Crippen molar-refractivity contribution in [2.45, 2.75) is 32.3 Å². The van der Waals surface area contributed by atoms with Gasteiger partial charge in [0.25, 0.3) is 0 Å². The zero-order valence-corrected chi connectivity index (χ0v) is 8.43. The normalized spacial score (nSPS) is 23.1. The average Bonchev–Trinajstić information content (AvgIpc) is 2.48. The summed E-state index contributed by atoms with van der Waals surface area (Å²) in [5, 5.41) is 0.895. The van der Waals surface area contributed by atoms with Gasteiger partial charge in [-0.3, -0.25) is 4.99 Å². The molecular formula is C8H14BrNO. The lowest BCUT2D eigenvalue weighted by Gasteiger charge is -2.06. The molecule has 0 spiro atoms. The summed E-state index contributed by atoms with van der Waals surface area (Å²) in [4.78, 5) is 4.29. The molecule has 0 saturated carbocycles. The summed E-state index contributed by atoms with van der Waals surface area (Å²) in [5.41, 5.74) is 0. The van der Waals surface area contributed by atoms with Crippen molar-refractivity contribution in [1.29, 1.82) is 0 Å². The number of alkyl halides is 1. The van der Waals surface area contributed by atoms with E-state index < -0.39 is 0 Å². The molecule has 1 aliphatic rings. The Balaban J connectivity index is 2.17. The second kappa shape index (κ2) is 4.75. The van der Waals surface area contributed by atoms with E-state index in [1.807, 2.05) is 0 Å². The van der Waals surface area contributed by atoms with Gasteiger partial charge in [-0.15, -0.1) is 0 Å². The molecule has 0 aromatic rings. The van der Waals surface area contributed by atoms with E-state index in [2.05, 4.69) is 27.8 Å². The third-order valence-electron chi connectivity index (χ3n) is 1.69. The van der Waals surface area contributed by atoms with Crippen LogP contribution in [-0.2, 0) is 4.74 Å². The Bertz CT molecular complexity index is 147. The molecule has 0 aliphatic carbocycles. The second-order valence-electron chi connectivity index (χ2n) is 2.73. The molecule has 0 aromatic carbocycles. The lowest BCUT2D eigenvalue weighted by molar-refractivity contribution is 0.244. The van der Waals surface area contributed by atoms with Gasteiger partial charge in [0.05, 0.1) is 6.54 Å². The summed E-state index contributed by atoms with van der Waals surface area (Å²) >= 11 is 3.37. The van der Waals surface area contributed by atoms with Crippen LogP contribution in [0.1, 0.15) is 26.2 Å². The van der Waals surface area contributed by atoms with Crippen LogP contribution >= 0.6 is 15.9 Å². The predicted octanol–water partition coefficient (Wildman–Crippen LogP) is 2.37. The number of nitrogens with zero attached hydrogens (tertiary/aromatic N) is 1. The van der Waals surface area contributed by atoms with Crippen LogP contribution in [0.4, 0.5) is 0 Å². The molecule has 0 radical (unpaired) electrons. The Morgan fingerprint density at radius 2 is 2.55 bits per heavy atom. The molecule has 1 atom stereocenters. The minimum absolute atomic E-state index is 0.293. The van der Waals surface area contributed by atoms with E-state index in [0.717, 1.165) is 24.2 Å². The van der Waals surface area contributed by atoms with Crippen LogP contribution in [0.25, 0.3) is 0 Å². The Morgan fingerprint density at radius 3 is 3.09 bits per heavy atom. The van der Waals surface area contributed by atoms with E-state index in [-0.39, 0.29) is 0 Å². The standard InChI is InChI=1S/C8H14BrNO/c1-2-3-4-8-10-6-7(5-9)11-8/h7H,2-6H2,1H3. The zero-order chi connectivity index (χ0) is 8.10. The lowest BCUT2D eigenvalue weighted by atomic mass is 10.2. The molecule has 0 saturated heterocycles. The van der Waals surface area contributed by atoms with E-state index in [1.165, 1.54) is 12.8 Å². The molecule has 2 nitrogen and oxygen atoms in total. The number of ether oxygens (including phenoxy) is 1. The summed E-state index contributed by atoms with van der Waals surface area (Å²) < 4.78 is 5.52. The summed E-state index contributed by atoms with van der Waals surface area (Å²) in [6.07, 6.45) is 3.71.